The maximum atomic E-state index is 7.21. The van der Waals surface area contributed by atoms with Crippen LogP contribution >= 0.6 is 0 Å². The number of amidine groups is 1. The van der Waals surface area contributed by atoms with Crippen molar-refractivity contribution in [2.24, 2.45) is 5.73 Å². The molecule has 0 aliphatic carbocycles. The van der Waals surface area contributed by atoms with Crippen molar-refractivity contribution in [2.45, 2.75) is 13.8 Å². The van der Waals surface area contributed by atoms with Gasteiger partial charge in [0.15, 0.2) is 0 Å². The molecule has 0 unspecified atom stereocenters. The summed E-state index contributed by atoms with van der Waals surface area (Å²) >= 11 is 0. The van der Waals surface area contributed by atoms with Crippen LogP contribution in [0.4, 0.5) is 0 Å². The van der Waals surface area contributed by atoms with E-state index >= 15 is 0 Å². The third-order valence-corrected chi connectivity index (χ3v) is 1.52. The summed E-state index contributed by atoms with van der Waals surface area (Å²) in [5, 5.41) is 7.21. The van der Waals surface area contributed by atoms with Crippen LogP contribution in [0.5, 0.6) is 6.01 Å². The summed E-state index contributed by atoms with van der Waals surface area (Å²) in [5.41, 5.74) is 6.50. The SMILES string of the molecule is CCOc1ncc(C(=N)N)c(C)n1. The van der Waals surface area contributed by atoms with Crippen molar-refractivity contribution in [1.82, 2.24) is 9.97 Å². The second-order valence-electron chi connectivity index (χ2n) is 2.50. The number of aryl methyl sites for hydroxylation is 1. The summed E-state index contributed by atoms with van der Waals surface area (Å²) in [6.45, 7) is 4.15. The Kier molecular flexibility index (Phi) is 2.79. The van der Waals surface area contributed by atoms with E-state index in [9.17, 15) is 0 Å². The lowest BCUT2D eigenvalue weighted by Gasteiger charge is -2.04. The maximum absolute atomic E-state index is 7.21. The Balaban J connectivity index is 2.98. The highest BCUT2D eigenvalue weighted by molar-refractivity contribution is 5.95. The largest absolute Gasteiger partial charge is 0.464 e. The zero-order chi connectivity index (χ0) is 9.84. The van der Waals surface area contributed by atoms with Gasteiger partial charge in [-0.3, -0.25) is 5.41 Å². The Morgan fingerprint density at radius 3 is 2.85 bits per heavy atom. The Morgan fingerprint density at radius 2 is 2.38 bits per heavy atom. The Labute approximate surface area is 76.5 Å². The number of aromatic nitrogens is 2. The van der Waals surface area contributed by atoms with E-state index in [1.807, 2.05) is 6.92 Å². The van der Waals surface area contributed by atoms with Crippen LogP contribution in [-0.2, 0) is 0 Å². The number of nitrogen functional groups attached to an aromatic ring is 1. The number of nitrogens with zero attached hydrogens (tertiary/aromatic N) is 2. The average Bonchev–Trinajstić information content (AvgIpc) is 2.04. The fraction of sp³-hybridized carbons (Fsp3) is 0.375. The first-order valence-electron chi connectivity index (χ1n) is 3.96. The van der Waals surface area contributed by atoms with Crippen LogP contribution in [-0.4, -0.2) is 22.4 Å². The van der Waals surface area contributed by atoms with Crippen molar-refractivity contribution >= 4 is 5.84 Å². The molecule has 5 heteroatoms. The van der Waals surface area contributed by atoms with Crippen LogP contribution in [0, 0.1) is 12.3 Å². The third-order valence-electron chi connectivity index (χ3n) is 1.52. The van der Waals surface area contributed by atoms with Crippen molar-refractivity contribution < 1.29 is 4.74 Å². The van der Waals surface area contributed by atoms with Gasteiger partial charge in [0.2, 0.25) is 0 Å². The van der Waals surface area contributed by atoms with Gasteiger partial charge in [0, 0.05) is 6.20 Å². The molecule has 13 heavy (non-hydrogen) atoms. The highest BCUT2D eigenvalue weighted by Crippen LogP contribution is 2.07. The quantitative estimate of drug-likeness (QED) is 0.523. The molecule has 1 heterocycles. The van der Waals surface area contributed by atoms with E-state index in [4.69, 9.17) is 15.9 Å². The molecule has 0 saturated heterocycles. The standard InChI is InChI=1S/C8H12N4O/c1-3-13-8-11-4-6(7(9)10)5(2)12-8/h4H,3H2,1-2H3,(H3,9,10). The predicted molar refractivity (Wildman–Crippen MR) is 49.0 cm³/mol. The van der Waals surface area contributed by atoms with Gasteiger partial charge in [-0.2, -0.15) is 4.98 Å². The van der Waals surface area contributed by atoms with Crippen LogP contribution in [0.2, 0.25) is 0 Å². The first-order chi connectivity index (χ1) is 6.15. The van der Waals surface area contributed by atoms with Crippen LogP contribution in [0.25, 0.3) is 0 Å². The molecule has 1 aromatic rings. The minimum atomic E-state index is -0.0273. The molecule has 1 rings (SSSR count). The summed E-state index contributed by atoms with van der Waals surface area (Å²) in [6, 6.07) is 0.324. The van der Waals surface area contributed by atoms with Crippen molar-refractivity contribution in [3.63, 3.8) is 0 Å². The van der Waals surface area contributed by atoms with Gasteiger partial charge in [-0.15, -0.1) is 0 Å². The second-order valence-corrected chi connectivity index (χ2v) is 2.50. The monoisotopic (exact) mass is 180 g/mol. The molecule has 0 aromatic carbocycles. The molecular formula is C8H12N4O. The first kappa shape index (κ1) is 9.44. The molecule has 0 spiro atoms. The molecule has 0 aliphatic rings. The number of nitrogens with one attached hydrogen (secondary N) is 1. The third kappa shape index (κ3) is 2.14. The Bertz CT molecular complexity index is 324. The minimum absolute atomic E-state index is 0.0273. The van der Waals surface area contributed by atoms with Gasteiger partial charge < -0.3 is 10.5 Å². The normalized spacial score (nSPS) is 9.69. The molecule has 3 N–H and O–H groups in total. The highest BCUT2D eigenvalue weighted by atomic mass is 16.5. The van der Waals surface area contributed by atoms with E-state index in [0.717, 1.165) is 0 Å². The zero-order valence-electron chi connectivity index (χ0n) is 7.66. The number of hydrogen-bond donors (Lipinski definition) is 2. The number of nitrogens with two attached hydrogens (primary N) is 1. The van der Waals surface area contributed by atoms with Gasteiger partial charge in [0.25, 0.3) is 0 Å². The number of hydrogen-bond acceptors (Lipinski definition) is 4. The lowest BCUT2D eigenvalue weighted by molar-refractivity contribution is 0.311. The van der Waals surface area contributed by atoms with Crippen LogP contribution in [0.3, 0.4) is 0 Å². The molecule has 70 valence electrons. The summed E-state index contributed by atoms with van der Waals surface area (Å²) in [6.07, 6.45) is 1.50. The molecule has 0 aliphatic heterocycles. The lowest BCUT2D eigenvalue weighted by Crippen LogP contribution is -2.14. The van der Waals surface area contributed by atoms with E-state index < -0.39 is 0 Å². The number of rotatable bonds is 3. The average molecular weight is 180 g/mol. The first-order valence-corrected chi connectivity index (χ1v) is 3.96. The van der Waals surface area contributed by atoms with Crippen molar-refractivity contribution in [1.29, 1.82) is 5.41 Å². The molecule has 0 bridgehead atoms. The lowest BCUT2D eigenvalue weighted by atomic mass is 10.2. The van der Waals surface area contributed by atoms with E-state index in [1.165, 1.54) is 6.20 Å². The summed E-state index contributed by atoms with van der Waals surface area (Å²) in [5.74, 6) is -0.0273. The minimum Gasteiger partial charge on any atom is -0.464 e. The van der Waals surface area contributed by atoms with Crippen LogP contribution < -0.4 is 10.5 Å². The van der Waals surface area contributed by atoms with Gasteiger partial charge in [-0.05, 0) is 13.8 Å². The fourth-order valence-corrected chi connectivity index (χ4v) is 0.909. The maximum Gasteiger partial charge on any atom is 0.316 e. The van der Waals surface area contributed by atoms with E-state index in [0.29, 0.717) is 23.9 Å². The van der Waals surface area contributed by atoms with Gasteiger partial charge in [-0.25, -0.2) is 4.98 Å². The molecule has 0 amide bonds. The predicted octanol–water partition coefficient (Wildman–Crippen LogP) is 0.468. The second kappa shape index (κ2) is 3.84. The summed E-state index contributed by atoms with van der Waals surface area (Å²) in [4.78, 5) is 7.93. The van der Waals surface area contributed by atoms with E-state index in [2.05, 4.69) is 9.97 Å². The molecule has 5 nitrogen and oxygen atoms in total. The van der Waals surface area contributed by atoms with Crippen LogP contribution in [0.15, 0.2) is 6.20 Å². The highest BCUT2D eigenvalue weighted by Gasteiger charge is 2.05. The molecule has 1 aromatic heterocycles. The summed E-state index contributed by atoms with van der Waals surface area (Å²) in [7, 11) is 0. The topological polar surface area (TPSA) is 84.9 Å². The Morgan fingerprint density at radius 1 is 1.69 bits per heavy atom. The molecular weight excluding hydrogens is 168 g/mol. The molecule has 0 fully saturated rings. The fourth-order valence-electron chi connectivity index (χ4n) is 0.909. The Hall–Kier alpha value is -1.65. The summed E-state index contributed by atoms with van der Waals surface area (Å²) < 4.78 is 5.09. The van der Waals surface area contributed by atoms with Gasteiger partial charge >= 0.3 is 6.01 Å². The van der Waals surface area contributed by atoms with Crippen molar-refractivity contribution in [2.75, 3.05) is 6.61 Å². The van der Waals surface area contributed by atoms with Gasteiger partial charge in [0.1, 0.15) is 5.84 Å². The molecule has 0 radical (unpaired) electrons. The van der Waals surface area contributed by atoms with Gasteiger partial charge in [0.05, 0.1) is 17.9 Å². The van der Waals surface area contributed by atoms with Crippen LogP contribution in [0.1, 0.15) is 18.2 Å². The van der Waals surface area contributed by atoms with E-state index in [1.54, 1.807) is 6.92 Å². The molecule has 0 saturated carbocycles. The van der Waals surface area contributed by atoms with E-state index in [-0.39, 0.29) is 5.84 Å². The number of ether oxygens (including phenoxy) is 1. The zero-order valence-corrected chi connectivity index (χ0v) is 7.66. The van der Waals surface area contributed by atoms with Gasteiger partial charge in [-0.1, -0.05) is 0 Å². The van der Waals surface area contributed by atoms with Crippen molar-refractivity contribution in [3.05, 3.63) is 17.5 Å². The molecule has 0 atom stereocenters. The smallest absolute Gasteiger partial charge is 0.316 e. The van der Waals surface area contributed by atoms with Crippen molar-refractivity contribution in [3.8, 4) is 6.01 Å².